The molecule has 0 unspecified atom stereocenters. The molecule has 0 radical (unpaired) electrons. The maximum absolute atomic E-state index is 5.66. The molecule has 6 heterocycles. The van der Waals surface area contributed by atoms with Gasteiger partial charge in [0.1, 0.15) is 0 Å². The van der Waals surface area contributed by atoms with Crippen LogP contribution in [-0.4, -0.2) is 63.6 Å². The predicted molar refractivity (Wildman–Crippen MR) is 399 cm³/mol. The monoisotopic (exact) mass is 1260 g/mol. The highest BCUT2D eigenvalue weighted by Gasteiger charge is 2.43. The van der Waals surface area contributed by atoms with Gasteiger partial charge < -0.3 is 4.57 Å². The van der Waals surface area contributed by atoms with Crippen molar-refractivity contribution in [3.8, 4) is 29.0 Å². The molecular formula is C84H60N10Si2. The third-order valence-corrected chi connectivity index (χ3v) is 28.9. The first-order valence-corrected chi connectivity index (χ1v) is 36.4. The van der Waals surface area contributed by atoms with Crippen LogP contribution in [0.5, 0.6) is 0 Å². The lowest BCUT2D eigenvalue weighted by Crippen LogP contribution is -2.74. The zero-order valence-electron chi connectivity index (χ0n) is 52.4. The Morgan fingerprint density at radius 2 is 0.771 bits per heavy atom. The van der Waals surface area contributed by atoms with Crippen molar-refractivity contribution in [2.45, 2.75) is 6.92 Å². The second kappa shape index (κ2) is 22.7. The summed E-state index contributed by atoms with van der Waals surface area (Å²) in [7, 11) is -5.86. The number of rotatable bonds is 14. The van der Waals surface area contributed by atoms with Crippen LogP contribution in [0.3, 0.4) is 0 Å². The minimum absolute atomic E-state index is 0.399. The Labute approximate surface area is 555 Å². The minimum Gasteiger partial charge on any atom is -0.309 e. The molecule has 0 saturated heterocycles. The highest BCUT2D eigenvalue weighted by atomic mass is 28.3. The van der Waals surface area contributed by atoms with Crippen LogP contribution < -0.4 is 36.3 Å². The molecule has 0 aliphatic rings. The van der Waals surface area contributed by atoms with Gasteiger partial charge in [0.2, 0.25) is 23.5 Å². The minimum atomic E-state index is -2.95. The van der Waals surface area contributed by atoms with Crippen molar-refractivity contribution in [2.75, 3.05) is 0 Å². The van der Waals surface area contributed by atoms with E-state index in [0.717, 1.165) is 72.0 Å². The Morgan fingerprint density at radius 1 is 0.344 bits per heavy atom. The average Bonchev–Trinajstić information content (AvgIpc) is 1.43. The number of aromatic nitrogens is 10. The first-order valence-electron chi connectivity index (χ1n) is 32.4. The molecule has 12 aromatic carbocycles. The Hall–Kier alpha value is -12.4. The molecule has 18 aromatic rings. The number of para-hydroxylation sites is 6. The van der Waals surface area contributed by atoms with E-state index < -0.39 is 16.1 Å². The molecule has 0 amide bonds. The fraction of sp³-hybridized carbons (Fsp3) is 0.0119. The van der Waals surface area contributed by atoms with Crippen LogP contribution in [0, 0.1) is 6.92 Å². The van der Waals surface area contributed by atoms with Crippen molar-refractivity contribution in [1.82, 2.24) is 47.4 Å². The molecule has 0 spiro atoms. The topological polar surface area (TPSA) is 88.1 Å². The number of nitrogens with zero attached hydrogens (tertiary/aromatic N) is 10. The molecule has 0 aliphatic heterocycles. The lowest BCUT2D eigenvalue weighted by Gasteiger charge is -2.34. The molecule has 0 N–H and O–H groups in total. The quantitative estimate of drug-likeness (QED) is 0.0615. The maximum Gasteiger partial charge on any atom is 0.242 e. The largest absolute Gasteiger partial charge is 0.309 e. The second-order valence-electron chi connectivity index (χ2n) is 24.6. The van der Waals surface area contributed by atoms with Gasteiger partial charge in [0.05, 0.1) is 49.8 Å². The van der Waals surface area contributed by atoms with Crippen molar-refractivity contribution < 1.29 is 0 Å². The molecule has 0 saturated carbocycles. The SMILES string of the molecule is C=C(/C=C\c1nc2n(-c3nc(-c4cccc(-n5c6ccccc6c6ccccc65)c4)nc(-n4c5ccccc5n5c6cc([Si](c7ccccc7)(c7ccccc7)c7ccccc7)ccc6nc45)n3)c3ccccc3n2c1C)[Si](c1ccccc1)(c1ccccc1)c1ccccc1. The van der Waals surface area contributed by atoms with Crippen LogP contribution >= 0.6 is 0 Å². The van der Waals surface area contributed by atoms with Gasteiger partial charge in [0, 0.05) is 27.7 Å². The van der Waals surface area contributed by atoms with E-state index in [1.165, 1.54) is 47.1 Å². The highest BCUT2D eigenvalue weighted by molar-refractivity contribution is 7.20. The molecule has 96 heavy (non-hydrogen) atoms. The summed E-state index contributed by atoms with van der Waals surface area (Å²) in [6.07, 6.45) is 4.35. The smallest absolute Gasteiger partial charge is 0.242 e. The predicted octanol–water partition coefficient (Wildman–Crippen LogP) is 13.9. The fourth-order valence-corrected chi connectivity index (χ4v) is 24.5. The molecule has 6 aromatic heterocycles. The Morgan fingerprint density at radius 3 is 1.27 bits per heavy atom. The number of fused-ring (bicyclic) bond motifs is 11. The van der Waals surface area contributed by atoms with Gasteiger partial charge in [-0.05, 0) is 110 Å². The molecule has 12 heteroatoms. The van der Waals surface area contributed by atoms with Gasteiger partial charge in [-0.15, -0.1) is 0 Å². The zero-order valence-corrected chi connectivity index (χ0v) is 54.4. The van der Waals surface area contributed by atoms with Crippen molar-refractivity contribution in [1.29, 1.82) is 0 Å². The van der Waals surface area contributed by atoms with E-state index in [1.54, 1.807) is 0 Å². The average molecular weight is 1270 g/mol. The van der Waals surface area contributed by atoms with Crippen molar-refractivity contribution in [3.63, 3.8) is 0 Å². The summed E-state index contributed by atoms with van der Waals surface area (Å²) in [6, 6.07) is 115. The summed E-state index contributed by atoms with van der Waals surface area (Å²) in [5, 5.41) is 12.3. The number of imidazole rings is 4. The summed E-state index contributed by atoms with van der Waals surface area (Å²) < 4.78 is 11.1. The standard InChI is InChI=1S/C84H60N10Si2/c1-58(95(62-32-9-3-10-33-62,63-34-11-4-12-35-63)64-36-13-5-14-37-64)52-54-71-59(2)90-75-48-25-27-50-77(75)93(83(90)85-71)81-87-80(60-30-29-31-61(56-60)91-73-46-23-21-44-69(73)70-45-22-24-47-74(70)91)88-82(89-81)94-78-51-28-26-49-76(78)92-79-57-68(53-55-72(79)86-84(92)94)96(65-38-15-6-16-39-65,66-40-17-7-18-41-66)67-42-19-8-20-43-67/h3-57H,1H2,2H3/b54-52-. The lowest BCUT2D eigenvalue weighted by molar-refractivity contribution is 0.876. The molecule has 0 fully saturated rings. The van der Waals surface area contributed by atoms with E-state index >= 15 is 0 Å². The first-order chi connectivity index (χ1) is 47.5. The number of benzene rings is 12. The van der Waals surface area contributed by atoms with Gasteiger partial charge in [-0.25, -0.2) is 19.1 Å². The van der Waals surface area contributed by atoms with Gasteiger partial charge in [0.25, 0.3) is 0 Å². The van der Waals surface area contributed by atoms with E-state index in [-0.39, 0.29) is 0 Å². The molecule has 0 atom stereocenters. The van der Waals surface area contributed by atoms with Crippen LogP contribution in [-0.2, 0) is 0 Å². The highest BCUT2D eigenvalue weighted by Crippen LogP contribution is 2.36. The normalized spacial score (nSPS) is 12.2. The molecule has 18 rings (SSSR count). The first kappa shape index (κ1) is 56.4. The van der Waals surface area contributed by atoms with Crippen LogP contribution in [0.4, 0.5) is 0 Å². The van der Waals surface area contributed by atoms with Crippen LogP contribution in [0.15, 0.2) is 339 Å². The Bertz CT molecular complexity index is 5810. The molecular weight excluding hydrogens is 1210 g/mol. The Kier molecular flexibility index (Phi) is 13.4. The van der Waals surface area contributed by atoms with Crippen LogP contribution in [0.25, 0.3) is 102 Å². The van der Waals surface area contributed by atoms with Gasteiger partial charge in [-0.3, -0.25) is 8.80 Å². The summed E-state index contributed by atoms with van der Waals surface area (Å²) in [4.78, 5) is 28.1. The van der Waals surface area contributed by atoms with Gasteiger partial charge in [0.15, 0.2) is 22.0 Å². The van der Waals surface area contributed by atoms with E-state index in [9.17, 15) is 0 Å². The summed E-state index contributed by atoms with van der Waals surface area (Å²) in [6.45, 7) is 7.13. The molecule has 10 nitrogen and oxygen atoms in total. The Balaban J connectivity index is 0.865. The summed E-state index contributed by atoms with van der Waals surface area (Å²) in [5.74, 6) is 2.61. The van der Waals surface area contributed by atoms with Crippen molar-refractivity contribution in [3.05, 3.63) is 351 Å². The van der Waals surface area contributed by atoms with Crippen LogP contribution in [0.2, 0.25) is 0 Å². The van der Waals surface area contributed by atoms with Crippen molar-refractivity contribution in [2.24, 2.45) is 0 Å². The number of hydrogen-bond acceptors (Lipinski definition) is 5. The molecule has 0 bridgehead atoms. The number of hydrogen-bond donors (Lipinski definition) is 0. The van der Waals surface area contributed by atoms with E-state index in [4.69, 9.17) is 31.5 Å². The summed E-state index contributed by atoms with van der Waals surface area (Å²) >= 11 is 0. The summed E-state index contributed by atoms with van der Waals surface area (Å²) in [5.41, 5.74) is 11.3. The lowest BCUT2D eigenvalue weighted by atomic mass is 10.2. The van der Waals surface area contributed by atoms with E-state index in [1.807, 2.05) is 0 Å². The zero-order chi connectivity index (χ0) is 63.9. The second-order valence-corrected chi connectivity index (χ2v) is 32.2. The maximum atomic E-state index is 5.66. The molecule has 454 valence electrons. The molecule has 0 aliphatic carbocycles. The van der Waals surface area contributed by atoms with Crippen LogP contribution in [0.1, 0.15) is 11.4 Å². The number of aryl methyl sites for hydroxylation is 1. The van der Waals surface area contributed by atoms with Gasteiger partial charge in [-0.1, -0.05) is 279 Å². The third-order valence-electron chi connectivity index (χ3n) is 19.4. The van der Waals surface area contributed by atoms with E-state index in [0.29, 0.717) is 29.3 Å². The van der Waals surface area contributed by atoms with E-state index in [2.05, 4.69) is 363 Å². The number of allylic oxidation sites excluding steroid dienone is 2. The third kappa shape index (κ3) is 8.66. The van der Waals surface area contributed by atoms with Gasteiger partial charge in [-0.2, -0.15) is 15.0 Å². The van der Waals surface area contributed by atoms with Crippen molar-refractivity contribution >= 4 is 125 Å². The van der Waals surface area contributed by atoms with Gasteiger partial charge >= 0.3 is 0 Å². The fourth-order valence-electron chi connectivity index (χ4n) is 15.2.